The van der Waals surface area contributed by atoms with E-state index in [0.717, 1.165) is 16.8 Å². The summed E-state index contributed by atoms with van der Waals surface area (Å²) in [6.45, 7) is 0. The number of hydrogen-bond donors (Lipinski definition) is 2. The van der Waals surface area contributed by atoms with Gasteiger partial charge in [0, 0.05) is 5.69 Å². The van der Waals surface area contributed by atoms with Crippen molar-refractivity contribution in [1.82, 2.24) is 0 Å². The van der Waals surface area contributed by atoms with E-state index in [9.17, 15) is 9.59 Å². The largest absolute Gasteiger partial charge is 0.369 e. The van der Waals surface area contributed by atoms with Gasteiger partial charge in [0.25, 0.3) is 0 Å². The number of hydrogen-bond acceptors (Lipinski definition) is 2. The van der Waals surface area contributed by atoms with Gasteiger partial charge in [0.15, 0.2) is 0 Å². The van der Waals surface area contributed by atoms with Crippen LogP contribution in [0.4, 0.5) is 5.69 Å². The Morgan fingerprint density at radius 2 is 2.29 bits per heavy atom. The Bertz CT molecular complexity index is 413. The molecule has 1 aliphatic rings. The minimum absolute atomic E-state index is 0.0306. The lowest BCUT2D eigenvalue weighted by Gasteiger charge is -2.04. The maximum atomic E-state index is 11.1. The summed E-state index contributed by atoms with van der Waals surface area (Å²) in [7, 11) is 0. The number of amides is 2. The van der Waals surface area contributed by atoms with Crippen molar-refractivity contribution in [2.45, 2.75) is 12.8 Å². The van der Waals surface area contributed by atoms with Crippen molar-refractivity contribution in [2.24, 2.45) is 5.73 Å². The summed E-state index contributed by atoms with van der Waals surface area (Å²) in [5.41, 5.74) is 7.65. The zero-order valence-corrected chi connectivity index (χ0v) is 7.54. The van der Waals surface area contributed by atoms with Crippen LogP contribution in [0.3, 0.4) is 0 Å². The first-order valence-electron chi connectivity index (χ1n) is 4.36. The normalized spacial score (nSPS) is 13.6. The molecule has 14 heavy (non-hydrogen) atoms. The van der Waals surface area contributed by atoms with Gasteiger partial charge in [-0.05, 0) is 17.2 Å². The Morgan fingerprint density at radius 1 is 1.50 bits per heavy atom. The number of nitrogens with one attached hydrogen (secondary N) is 1. The molecule has 1 heterocycles. The van der Waals surface area contributed by atoms with E-state index in [4.69, 9.17) is 5.73 Å². The molecule has 2 rings (SSSR count). The zero-order chi connectivity index (χ0) is 10.1. The Morgan fingerprint density at radius 3 is 3.00 bits per heavy atom. The topological polar surface area (TPSA) is 72.2 Å². The average Bonchev–Trinajstić information content (AvgIpc) is 2.45. The quantitative estimate of drug-likeness (QED) is 0.699. The van der Waals surface area contributed by atoms with Crippen LogP contribution in [0.15, 0.2) is 18.2 Å². The highest BCUT2D eigenvalue weighted by molar-refractivity contribution is 6.00. The summed E-state index contributed by atoms with van der Waals surface area (Å²) in [4.78, 5) is 21.9. The van der Waals surface area contributed by atoms with Crippen LogP contribution >= 0.6 is 0 Å². The molecule has 1 aromatic rings. The van der Waals surface area contributed by atoms with Crippen LogP contribution in [0.5, 0.6) is 0 Å². The first-order valence-corrected chi connectivity index (χ1v) is 4.36. The van der Waals surface area contributed by atoms with Gasteiger partial charge in [-0.3, -0.25) is 9.59 Å². The summed E-state index contributed by atoms with van der Waals surface area (Å²) in [5.74, 6) is -0.408. The van der Waals surface area contributed by atoms with Crippen molar-refractivity contribution < 1.29 is 9.59 Å². The lowest BCUT2D eigenvalue weighted by atomic mass is 10.0. The van der Waals surface area contributed by atoms with Gasteiger partial charge >= 0.3 is 0 Å². The number of benzene rings is 1. The van der Waals surface area contributed by atoms with Crippen LogP contribution in [-0.4, -0.2) is 11.8 Å². The third-order valence-corrected chi connectivity index (χ3v) is 2.25. The Balaban J connectivity index is 2.39. The highest BCUT2D eigenvalue weighted by atomic mass is 16.2. The summed E-state index contributed by atoms with van der Waals surface area (Å²) < 4.78 is 0. The number of fused-ring (bicyclic) bond motifs is 1. The molecule has 1 aromatic carbocycles. The predicted octanol–water partition coefficient (Wildman–Crippen LogP) is 0.209. The highest BCUT2D eigenvalue weighted by Gasteiger charge is 2.20. The molecule has 0 saturated heterocycles. The molecule has 0 aromatic heterocycles. The summed E-state index contributed by atoms with van der Waals surface area (Å²) >= 11 is 0. The smallest absolute Gasteiger partial charge is 0.228 e. The molecule has 3 N–H and O–H groups in total. The van der Waals surface area contributed by atoms with Gasteiger partial charge in [-0.2, -0.15) is 0 Å². The van der Waals surface area contributed by atoms with Crippen LogP contribution in [0, 0.1) is 0 Å². The van der Waals surface area contributed by atoms with Crippen LogP contribution in [0.2, 0.25) is 0 Å². The summed E-state index contributed by atoms with van der Waals surface area (Å²) in [6, 6.07) is 5.46. The Hall–Kier alpha value is -1.84. The number of anilines is 1. The average molecular weight is 190 g/mol. The second-order valence-corrected chi connectivity index (χ2v) is 3.31. The Labute approximate surface area is 81.1 Å². The van der Waals surface area contributed by atoms with Crippen LogP contribution < -0.4 is 11.1 Å². The molecule has 0 radical (unpaired) electrons. The molecule has 4 heteroatoms. The van der Waals surface area contributed by atoms with Crippen molar-refractivity contribution in [3.05, 3.63) is 29.3 Å². The van der Waals surface area contributed by atoms with E-state index in [2.05, 4.69) is 5.32 Å². The van der Waals surface area contributed by atoms with E-state index in [1.54, 1.807) is 0 Å². The molecule has 0 saturated carbocycles. The van der Waals surface area contributed by atoms with E-state index >= 15 is 0 Å². The molecule has 0 spiro atoms. The van der Waals surface area contributed by atoms with Crippen molar-refractivity contribution in [1.29, 1.82) is 0 Å². The molecule has 0 unspecified atom stereocenters. The van der Waals surface area contributed by atoms with E-state index in [-0.39, 0.29) is 18.2 Å². The van der Waals surface area contributed by atoms with E-state index < -0.39 is 0 Å². The van der Waals surface area contributed by atoms with Gasteiger partial charge in [-0.15, -0.1) is 0 Å². The fourth-order valence-corrected chi connectivity index (χ4v) is 1.67. The van der Waals surface area contributed by atoms with Crippen LogP contribution in [-0.2, 0) is 22.4 Å². The van der Waals surface area contributed by atoms with Crippen LogP contribution in [0.25, 0.3) is 0 Å². The van der Waals surface area contributed by atoms with E-state index in [1.165, 1.54) is 0 Å². The van der Waals surface area contributed by atoms with Gasteiger partial charge < -0.3 is 11.1 Å². The molecular weight excluding hydrogens is 180 g/mol. The molecule has 2 amide bonds. The second kappa shape index (κ2) is 3.14. The number of primary amides is 1. The highest BCUT2D eigenvalue weighted by Crippen LogP contribution is 2.26. The first-order chi connectivity index (χ1) is 6.66. The molecule has 0 bridgehead atoms. The van der Waals surface area contributed by atoms with Gasteiger partial charge in [0.2, 0.25) is 11.8 Å². The number of nitrogens with two attached hydrogens (primary N) is 1. The van der Waals surface area contributed by atoms with E-state index in [1.807, 2.05) is 18.2 Å². The van der Waals surface area contributed by atoms with Crippen molar-refractivity contribution in [3.63, 3.8) is 0 Å². The van der Waals surface area contributed by atoms with Gasteiger partial charge in [0.1, 0.15) is 0 Å². The molecular formula is C10H10N2O2. The lowest BCUT2D eigenvalue weighted by molar-refractivity contribution is -0.117. The maximum absolute atomic E-state index is 11.1. The molecule has 0 aliphatic carbocycles. The minimum atomic E-state index is -0.377. The monoisotopic (exact) mass is 190 g/mol. The number of carbonyl (C=O) groups is 2. The van der Waals surface area contributed by atoms with Crippen molar-refractivity contribution in [3.8, 4) is 0 Å². The maximum Gasteiger partial charge on any atom is 0.228 e. The fourth-order valence-electron chi connectivity index (χ4n) is 1.67. The second-order valence-electron chi connectivity index (χ2n) is 3.31. The SMILES string of the molecule is NC(=O)Cc1cccc2c1CC(=O)N2. The number of rotatable bonds is 2. The summed E-state index contributed by atoms with van der Waals surface area (Å²) in [5, 5.41) is 2.72. The molecule has 1 aliphatic heterocycles. The Kier molecular flexibility index (Phi) is 1.96. The van der Waals surface area contributed by atoms with Gasteiger partial charge in [0.05, 0.1) is 12.8 Å². The zero-order valence-electron chi connectivity index (χ0n) is 7.54. The lowest BCUT2D eigenvalue weighted by Crippen LogP contribution is -2.14. The summed E-state index contributed by atoms with van der Waals surface area (Å²) in [6.07, 6.45) is 0.539. The fraction of sp³-hybridized carbons (Fsp3) is 0.200. The van der Waals surface area contributed by atoms with Crippen molar-refractivity contribution in [2.75, 3.05) is 5.32 Å². The molecule has 72 valence electrons. The van der Waals surface area contributed by atoms with Gasteiger partial charge in [-0.1, -0.05) is 12.1 Å². The van der Waals surface area contributed by atoms with Crippen LogP contribution in [0.1, 0.15) is 11.1 Å². The van der Waals surface area contributed by atoms with Crippen molar-refractivity contribution >= 4 is 17.5 Å². The number of carbonyl (C=O) groups excluding carboxylic acids is 2. The molecule has 4 nitrogen and oxygen atoms in total. The molecule has 0 atom stereocenters. The van der Waals surface area contributed by atoms with Gasteiger partial charge in [-0.25, -0.2) is 0 Å². The minimum Gasteiger partial charge on any atom is -0.369 e. The third-order valence-electron chi connectivity index (χ3n) is 2.25. The first kappa shape index (κ1) is 8.74. The molecule has 0 fully saturated rings. The third kappa shape index (κ3) is 1.46. The van der Waals surface area contributed by atoms with E-state index in [0.29, 0.717) is 6.42 Å². The standard InChI is InChI=1S/C10H10N2O2/c11-9(13)4-6-2-1-3-8-7(6)5-10(14)12-8/h1-3H,4-5H2,(H2,11,13)(H,12,14). The predicted molar refractivity (Wildman–Crippen MR) is 51.7 cm³/mol.